The predicted molar refractivity (Wildman–Crippen MR) is 39.0 cm³/mol. The summed E-state index contributed by atoms with van der Waals surface area (Å²) >= 11 is 0. The lowest BCUT2D eigenvalue weighted by atomic mass is 10.4. The number of carbonyl (C=O) groups is 3. The van der Waals surface area contributed by atoms with Crippen molar-refractivity contribution >= 4 is 17.9 Å². The third-order valence-electron chi connectivity index (χ3n) is 0.704. The average Bonchev–Trinajstić information content (AvgIpc) is 2.01. The van der Waals surface area contributed by atoms with Gasteiger partial charge in [-0.2, -0.15) is 0 Å². The minimum Gasteiger partial charge on any atom is -0.545 e. The third kappa shape index (κ3) is 16.5. The van der Waals surface area contributed by atoms with Gasteiger partial charge >= 0.3 is 0 Å². The van der Waals surface area contributed by atoms with Gasteiger partial charge < -0.3 is 29.7 Å². The number of carboxylic acid groups (broad SMARTS) is 3. The second-order valence-electron chi connectivity index (χ2n) is 2.04. The monoisotopic (exact) mass is 199 g/mol. The van der Waals surface area contributed by atoms with Crippen LogP contribution in [0.1, 0.15) is 6.92 Å². The second-order valence-corrected chi connectivity index (χ2v) is 2.04. The SMILES string of the molecule is C=C(C)C(=O)[O-].O=C([O-])/C=C\C(=O)[O-]. The lowest BCUT2D eigenvalue weighted by molar-refractivity contribution is -0.301. The fourth-order valence-electron chi connectivity index (χ4n) is 0.136. The number of carboxylic acids is 3. The van der Waals surface area contributed by atoms with Gasteiger partial charge in [0.25, 0.3) is 0 Å². The van der Waals surface area contributed by atoms with Crippen molar-refractivity contribution in [3.05, 3.63) is 24.3 Å². The van der Waals surface area contributed by atoms with Gasteiger partial charge in [-0.15, -0.1) is 0 Å². The van der Waals surface area contributed by atoms with Gasteiger partial charge in [-0.25, -0.2) is 0 Å². The molecule has 0 radical (unpaired) electrons. The molecule has 6 heteroatoms. The number of hydrogen-bond acceptors (Lipinski definition) is 6. The number of hydrogen-bond donors (Lipinski definition) is 0. The van der Waals surface area contributed by atoms with E-state index in [1.165, 1.54) is 6.92 Å². The lowest BCUT2D eigenvalue weighted by Crippen LogP contribution is -2.23. The van der Waals surface area contributed by atoms with Crippen molar-refractivity contribution in [2.24, 2.45) is 0 Å². The Balaban J connectivity index is 0. The van der Waals surface area contributed by atoms with Crippen LogP contribution < -0.4 is 15.3 Å². The molecule has 0 atom stereocenters. The Morgan fingerprint density at radius 2 is 1.21 bits per heavy atom. The van der Waals surface area contributed by atoms with Crippen LogP contribution in [-0.4, -0.2) is 17.9 Å². The van der Waals surface area contributed by atoms with Gasteiger partial charge in [0.05, 0.1) is 17.9 Å². The number of aliphatic carboxylic acids is 3. The standard InChI is InChI=1S/C4H4O4.C4H6O2/c5-3(6)1-2-4(7)8;1-3(2)4(5)6/h1-2H,(H,5,6)(H,7,8);1H2,2H3,(H,5,6)/p-3/b2-1-;. The maximum atomic E-state index is 9.49. The fourth-order valence-corrected chi connectivity index (χ4v) is 0.136. The van der Waals surface area contributed by atoms with Crippen molar-refractivity contribution in [3.8, 4) is 0 Å². The first-order valence-electron chi connectivity index (χ1n) is 3.24. The molecule has 0 rings (SSSR count). The topological polar surface area (TPSA) is 120 Å². The Labute approximate surface area is 79.8 Å². The van der Waals surface area contributed by atoms with Crippen molar-refractivity contribution in [1.29, 1.82) is 0 Å². The summed E-state index contributed by atoms with van der Waals surface area (Å²) in [5.41, 5.74) is 0.0648. The van der Waals surface area contributed by atoms with Crippen LogP contribution in [-0.2, 0) is 14.4 Å². The average molecular weight is 199 g/mol. The molecule has 14 heavy (non-hydrogen) atoms. The summed E-state index contributed by atoms with van der Waals surface area (Å²) in [4.78, 5) is 28.3. The van der Waals surface area contributed by atoms with Crippen LogP contribution in [0.3, 0.4) is 0 Å². The van der Waals surface area contributed by atoms with E-state index < -0.39 is 17.9 Å². The van der Waals surface area contributed by atoms with Crippen LogP contribution in [0.2, 0.25) is 0 Å². The van der Waals surface area contributed by atoms with Crippen molar-refractivity contribution < 1.29 is 29.7 Å². The van der Waals surface area contributed by atoms with Gasteiger partial charge in [0.15, 0.2) is 0 Å². The zero-order valence-corrected chi connectivity index (χ0v) is 7.31. The number of carbonyl (C=O) groups excluding carboxylic acids is 3. The summed E-state index contributed by atoms with van der Waals surface area (Å²) in [6.45, 7) is 4.48. The van der Waals surface area contributed by atoms with Crippen LogP contribution in [0.5, 0.6) is 0 Å². The molecular formula is C8H7O6-3. The van der Waals surface area contributed by atoms with E-state index in [9.17, 15) is 29.7 Å². The van der Waals surface area contributed by atoms with E-state index in [4.69, 9.17) is 0 Å². The summed E-state index contributed by atoms with van der Waals surface area (Å²) in [5.74, 6) is -4.28. The summed E-state index contributed by atoms with van der Waals surface area (Å²) in [5, 5.41) is 28.3. The van der Waals surface area contributed by atoms with Crippen molar-refractivity contribution in [2.75, 3.05) is 0 Å². The first-order chi connectivity index (χ1) is 6.27. The molecule has 0 saturated heterocycles. The zero-order valence-electron chi connectivity index (χ0n) is 7.31. The molecule has 6 nitrogen and oxygen atoms in total. The van der Waals surface area contributed by atoms with Gasteiger partial charge in [-0.3, -0.25) is 0 Å². The highest BCUT2D eigenvalue weighted by Gasteiger charge is 1.76. The van der Waals surface area contributed by atoms with Crippen LogP contribution in [0.25, 0.3) is 0 Å². The van der Waals surface area contributed by atoms with E-state index >= 15 is 0 Å². The molecule has 78 valence electrons. The molecule has 0 aromatic heterocycles. The van der Waals surface area contributed by atoms with E-state index in [1.807, 2.05) is 0 Å². The summed E-state index contributed by atoms with van der Waals surface area (Å²) < 4.78 is 0. The molecule has 0 amide bonds. The van der Waals surface area contributed by atoms with E-state index in [2.05, 4.69) is 6.58 Å². The van der Waals surface area contributed by atoms with Crippen molar-refractivity contribution in [1.82, 2.24) is 0 Å². The molecule has 0 saturated carbocycles. The molecule has 0 heterocycles. The first kappa shape index (κ1) is 14.4. The second kappa shape index (κ2) is 7.53. The molecule has 0 spiro atoms. The zero-order chi connectivity index (χ0) is 11.7. The Kier molecular flexibility index (Phi) is 7.76. The Hall–Kier alpha value is -2.11. The number of rotatable bonds is 3. The lowest BCUT2D eigenvalue weighted by Gasteiger charge is -1.93. The summed E-state index contributed by atoms with van der Waals surface area (Å²) in [6, 6.07) is 0. The first-order valence-corrected chi connectivity index (χ1v) is 3.24. The Bertz CT molecular complexity index is 248. The molecule has 0 aromatic carbocycles. The smallest absolute Gasteiger partial charge is 0.0666 e. The molecule has 0 aliphatic carbocycles. The molecule has 0 unspecified atom stereocenters. The normalized spacial score (nSPS) is 8.64. The maximum Gasteiger partial charge on any atom is 0.0666 e. The van der Waals surface area contributed by atoms with Crippen LogP contribution >= 0.6 is 0 Å². The largest absolute Gasteiger partial charge is 0.545 e. The van der Waals surface area contributed by atoms with Gasteiger partial charge in [-0.05, 0) is 24.6 Å². The highest BCUT2D eigenvalue weighted by Crippen LogP contribution is 1.77. The highest BCUT2D eigenvalue weighted by molar-refractivity contribution is 5.87. The van der Waals surface area contributed by atoms with Gasteiger partial charge in [-0.1, -0.05) is 6.58 Å². The fraction of sp³-hybridized carbons (Fsp3) is 0.125. The minimum absolute atomic E-state index is 0.0648. The highest BCUT2D eigenvalue weighted by atomic mass is 16.4. The van der Waals surface area contributed by atoms with Crippen LogP contribution in [0.15, 0.2) is 24.3 Å². The van der Waals surface area contributed by atoms with Crippen LogP contribution in [0, 0.1) is 0 Å². The molecule has 0 aromatic rings. The van der Waals surface area contributed by atoms with E-state index in [0.717, 1.165) is 0 Å². The van der Waals surface area contributed by atoms with Gasteiger partial charge in [0.1, 0.15) is 0 Å². The Morgan fingerprint density at radius 1 is 1.00 bits per heavy atom. The molecule has 0 aliphatic heterocycles. The molecular weight excluding hydrogens is 192 g/mol. The molecule has 0 aliphatic rings. The predicted octanol–water partition coefficient (Wildman–Crippen LogP) is -3.65. The van der Waals surface area contributed by atoms with E-state index in [-0.39, 0.29) is 5.57 Å². The maximum absolute atomic E-state index is 9.49. The quantitative estimate of drug-likeness (QED) is 0.432. The summed E-state index contributed by atoms with van der Waals surface area (Å²) in [6.07, 6.45) is 0.769. The summed E-state index contributed by atoms with van der Waals surface area (Å²) in [7, 11) is 0. The molecule has 0 N–H and O–H groups in total. The van der Waals surface area contributed by atoms with E-state index in [1.54, 1.807) is 0 Å². The minimum atomic E-state index is -1.55. The van der Waals surface area contributed by atoms with Gasteiger partial charge in [0.2, 0.25) is 0 Å². The van der Waals surface area contributed by atoms with Gasteiger partial charge in [0, 0.05) is 0 Å². The third-order valence-corrected chi connectivity index (χ3v) is 0.704. The van der Waals surface area contributed by atoms with E-state index in [0.29, 0.717) is 12.2 Å². The van der Waals surface area contributed by atoms with Crippen molar-refractivity contribution in [2.45, 2.75) is 6.92 Å². The van der Waals surface area contributed by atoms with Crippen molar-refractivity contribution in [3.63, 3.8) is 0 Å². The van der Waals surface area contributed by atoms with Crippen LogP contribution in [0.4, 0.5) is 0 Å². The molecule has 0 bridgehead atoms. The molecule has 0 fully saturated rings. The Morgan fingerprint density at radius 3 is 1.29 bits per heavy atom.